The summed E-state index contributed by atoms with van der Waals surface area (Å²) >= 11 is 3.52. The van der Waals surface area contributed by atoms with E-state index in [-0.39, 0.29) is 12.6 Å². The zero-order valence-corrected chi connectivity index (χ0v) is 12.5. The van der Waals surface area contributed by atoms with Gasteiger partial charge in [0.25, 0.3) is 0 Å². The Labute approximate surface area is 124 Å². The number of hydrogen-bond donors (Lipinski definition) is 1. The normalized spacial score (nSPS) is 12.6. The summed E-state index contributed by atoms with van der Waals surface area (Å²) in [6.07, 6.45) is 0. The number of rotatable bonds is 3. The van der Waals surface area contributed by atoms with Crippen molar-refractivity contribution in [2.75, 3.05) is 12.1 Å². The Bertz CT molecular complexity index is 661. The summed E-state index contributed by atoms with van der Waals surface area (Å²) in [7, 11) is 0. The van der Waals surface area contributed by atoms with Gasteiger partial charge < -0.3 is 14.8 Å². The van der Waals surface area contributed by atoms with Crippen LogP contribution in [-0.4, -0.2) is 6.79 Å². The molecule has 1 N–H and O–H groups in total. The van der Waals surface area contributed by atoms with E-state index in [0.717, 1.165) is 32.8 Å². The van der Waals surface area contributed by atoms with Crippen LogP contribution < -0.4 is 14.8 Å². The smallest absolute Gasteiger partial charge is 0.231 e. The van der Waals surface area contributed by atoms with Crippen molar-refractivity contribution in [3.8, 4) is 11.5 Å². The number of ether oxygens (including phenoxy) is 2. The van der Waals surface area contributed by atoms with Crippen LogP contribution in [0, 0.1) is 12.7 Å². The quantitative estimate of drug-likeness (QED) is 0.908. The number of benzene rings is 2. The molecule has 5 heteroatoms. The maximum atomic E-state index is 13.1. The molecule has 0 saturated carbocycles. The molecule has 104 valence electrons. The highest BCUT2D eigenvalue weighted by Gasteiger charge is 2.16. The summed E-state index contributed by atoms with van der Waals surface area (Å²) in [5, 5.41) is 3.30. The zero-order chi connectivity index (χ0) is 14.1. The summed E-state index contributed by atoms with van der Waals surface area (Å²) in [5.41, 5.74) is 2.84. The van der Waals surface area contributed by atoms with Gasteiger partial charge in [-0.15, -0.1) is 0 Å². The lowest BCUT2D eigenvalue weighted by atomic mass is 10.1. The van der Waals surface area contributed by atoms with Crippen LogP contribution >= 0.6 is 15.9 Å². The van der Waals surface area contributed by atoms with Crippen molar-refractivity contribution in [1.29, 1.82) is 0 Å². The maximum Gasteiger partial charge on any atom is 0.231 e. The zero-order valence-electron chi connectivity index (χ0n) is 10.9. The standard InChI is InChI=1S/C15H13BrFNO2/c1-9-4-11(17)2-3-13(9)18-7-10-5-14-15(6-12(10)16)20-8-19-14/h2-6,18H,7-8H2,1H3. The Morgan fingerprint density at radius 2 is 1.95 bits per heavy atom. The number of halogens is 2. The fraction of sp³-hybridized carbons (Fsp3) is 0.200. The van der Waals surface area contributed by atoms with Crippen molar-refractivity contribution in [1.82, 2.24) is 0 Å². The first-order valence-corrected chi connectivity index (χ1v) is 7.01. The number of hydrogen-bond acceptors (Lipinski definition) is 3. The predicted molar refractivity (Wildman–Crippen MR) is 78.7 cm³/mol. The van der Waals surface area contributed by atoms with Crippen LogP contribution in [-0.2, 0) is 6.54 Å². The molecule has 0 spiro atoms. The summed E-state index contributed by atoms with van der Waals surface area (Å²) in [6.45, 7) is 2.75. The fourth-order valence-corrected chi connectivity index (χ4v) is 2.57. The van der Waals surface area contributed by atoms with Gasteiger partial charge >= 0.3 is 0 Å². The van der Waals surface area contributed by atoms with Crippen LogP contribution in [0.1, 0.15) is 11.1 Å². The summed E-state index contributed by atoms with van der Waals surface area (Å²) in [5.74, 6) is 1.27. The van der Waals surface area contributed by atoms with Crippen molar-refractivity contribution in [3.05, 3.63) is 51.7 Å². The predicted octanol–water partition coefficient (Wildman–Crippen LogP) is 4.24. The van der Waals surface area contributed by atoms with Crippen LogP contribution in [0.2, 0.25) is 0 Å². The molecule has 0 fully saturated rings. The van der Waals surface area contributed by atoms with E-state index in [1.807, 2.05) is 19.1 Å². The van der Waals surface area contributed by atoms with E-state index in [9.17, 15) is 4.39 Å². The van der Waals surface area contributed by atoms with Gasteiger partial charge in [0.1, 0.15) is 5.82 Å². The Morgan fingerprint density at radius 1 is 1.20 bits per heavy atom. The Hall–Kier alpha value is -1.75. The van der Waals surface area contributed by atoms with E-state index in [2.05, 4.69) is 21.2 Å². The lowest BCUT2D eigenvalue weighted by molar-refractivity contribution is 0.174. The highest BCUT2D eigenvalue weighted by Crippen LogP contribution is 2.37. The van der Waals surface area contributed by atoms with Gasteiger partial charge in [-0.1, -0.05) is 15.9 Å². The van der Waals surface area contributed by atoms with Crippen molar-refractivity contribution in [2.24, 2.45) is 0 Å². The molecular formula is C15H13BrFNO2. The molecular weight excluding hydrogens is 325 g/mol. The molecule has 0 unspecified atom stereocenters. The molecule has 1 heterocycles. The second kappa shape index (κ2) is 5.32. The Balaban J connectivity index is 1.78. The van der Waals surface area contributed by atoms with Gasteiger partial charge in [-0.3, -0.25) is 0 Å². The number of anilines is 1. The molecule has 0 aromatic heterocycles. The second-order valence-electron chi connectivity index (χ2n) is 4.61. The molecule has 0 aliphatic carbocycles. The van der Waals surface area contributed by atoms with Crippen molar-refractivity contribution in [2.45, 2.75) is 13.5 Å². The van der Waals surface area contributed by atoms with Crippen LogP contribution in [0.4, 0.5) is 10.1 Å². The molecule has 2 aromatic carbocycles. The summed E-state index contributed by atoms with van der Waals surface area (Å²) in [6, 6.07) is 8.54. The van der Waals surface area contributed by atoms with E-state index in [0.29, 0.717) is 6.54 Å². The molecule has 2 aromatic rings. The first kappa shape index (κ1) is 13.2. The lowest BCUT2D eigenvalue weighted by Gasteiger charge is -2.11. The van der Waals surface area contributed by atoms with Crippen LogP contribution in [0.25, 0.3) is 0 Å². The molecule has 1 aliphatic rings. The van der Waals surface area contributed by atoms with E-state index >= 15 is 0 Å². The van der Waals surface area contributed by atoms with Gasteiger partial charge in [0.15, 0.2) is 11.5 Å². The summed E-state index contributed by atoms with van der Waals surface area (Å²) in [4.78, 5) is 0. The molecule has 3 nitrogen and oxygen atoms in total. The molecule has 0 amide bonds. The molecule has 3 rings (SSSR count). The first-order valence-electron chi connectivity index (χ1n) is 6.21. The molecule has 20 heavy (non-hydrogen) atoms. The van der Waals surface area contributed by atoms with Gasteiger partial charge in [0.2, 0.25) is 6.79 Å². The number of nitrogens with one attached hydrogen (secondary N) is 1. The molecule has 0 bridgehead atoms. The van der Waals surface area contributed by atoms with Crippen molar-refractivity contribution >= 4 is 21.6 Å². The van der Waals surface area contributed by atoms with E-state index in [4.69, 9.17) is 9.47 Å². The van der Waals surface area contributed by atoms with Gasteiger partial charge in [-0.05, 0) is 48.4 Å². The molecule has 0 saturated heterocycles. The average molecular weight is 338 g/mol. The minimum absolute atomic E-state index is 0.225. The van der Waals surface area contributed by atoms with Crippen LogP contribution in [0.3, 0.4) is 0 Å². The van der Waals surface area contributed by atoms with E-state index < -0.39 is 0 Å². The average Bonchev–Trinajstić information content (AvgIpc) is 2.84. The van der Waals surface area contributed by atoms with Gasteiger partial charge in [0, 0.05) is 16.7 Å². The first-order chi connectivity index (χ1) is 9.63. The third-order valence-corrected chi connectivity index (χ3v) is 3.94. The second-order valence-corrected chi connectivity index (χ2v) is 5.46. The minimum Gasteiger partial charge on any atom is -0.454 e. The largest absolute Gasteiger partial charge is 0.454 e. The highest BCUT2D eigenvalue weighted by atomic mass is 79.9. The summed E-state index contributed by atoms with van der Waals surface area (Å²) < 4.78 is 24.7. The van der Waals surface area contributed by atoms with Gasteiger partial charge in [0.05, 0.1) is 0 Å². The fourth-order valence-electron chi connectivity index (χ4n) is 2.11. The topological polar surface area (TPSA) is 30.5 Å². The highest BCUT2D eigenvalue weighted by molar-refractivity contribution is 9.10. The number of fused-ring (bicyclic) bond motifs is 1. The minimum atomic E-state index is -0.225. The Kier molecular flexibility index (Phi) is 3.53. The van der Waals surface area contributed by atoms with Crippen molar-refractivity contribution in [3.63, 3.8) is 0 Å². The Morgan fingerprint density at radius 3 is 2.70 bits per heavy atom. The molecule has 1 aliphatic heterocycles. The molecule has 0 atom stereocenters. The van der Waals surface area contributed by atoms with E-state index in [1.54, 1.807) is 6.07 Å². The number of aryl methyl sites for hydroxylation is 1. The van der Waals surface area contributed by atoms with E-state index in [1.165, 1.54) is 12.1 Å². The van der Waals surface area contributed by atoms with Crippen molar-refractivity contribution < 1.29 is 13.9 Å². The molecule has 0 radical (unpaired) electrons. The van der Waals surface area contributed by atoms with Crippen LogP contribution in [0.5, 0.6) is 11.5 Å². The SMILES string of the molecule is Cc1cc(F)ccc1NCc1cc2c(cc1Br)OCO2. The van der Waals surface area contributed by atoms with Crippen LogP contribution in [0.15, 0.2) is 34.8 Å². The van der Waals surface area contributed by atoms with Gasteiger partial charge in [-0.25, -0.2) is 4.39 Å². The monoisotopic (exact) mass is 337 g/mol. The lowest BCUT2D eigenvalue weighted by Crippen LogP contribution is -2.02. The third-order valence-electron chi connectivity index (χ3n) is 3.20. The van der Waals surface area contributed by atoms with Gasteiger partial charge in [-0.2, -0.15) is 0 Å². The maximum absolute atomic E-state index is 13.1. The third kappa shape index (κ3) is 2.58.